The molecule has 2 nitrogen and oxygen atoms in total. The van der Waals surface area contributed by atoms with Crippen LogP contribution in [-0.2, 0) is 0 Å². The molecule has 0 aliphatic carbocycles. The maximum absolute atomic E-state index is 6.12. The average Bonchev–Trinajstić information content (AvgIpc) is 2.41. The zero-order valence-electron chi connectivity index (χ0n) is 10.4. The lowest BCUT2D eigenvalue weighted by molar-refractivity contribution is -0.0408. The SMILES string of the molecule is [B]C(CC)(Oc1ccccc1)Oc1ccccc1. The molecule has 0 aromatic heterocycles. The molecule has 3 heteroatoms. The van der Waals surface area contributed by atoms with E-state index in [-0.39, 0.29) is 0 Å². The second-order valence-corrected chi connectivity index (χ2v) is 4.00. The van der Waals surface area contributed by atoms with Crippen molar-refractivity contribution in [2.24, 2.45) is 0 Å². The van der Waals surface area contributed by atoms with Gasteiger partial charge in [0.05, 0.1) is 0 Å². The quantitative estimate of drug-likeness (QED) is 0.587. The van der Waals surface area contributed by atoms with E-state index in [0.29, 0.717) is 17.9 Å². The fourth-order valence-corrected chi connectivity index (χ4v) is 1.54. The van der Waals surface area contributed by atoms with Crippen molar-refractivity contribution < 1.29 is 9.47 Å². The topological polar surface area (TPSA) is 18.5 Å². The van der Waals surface area contributed by atoms with Gasteiger partial charge in [0.1, 0.15) is 11.5 Å². The van der Waals surface area contributed by atoms with Crippen molar-refractivity contribution in [3.63, 3.8) is 0 Å². The van der Waals surface area contributed by atoms with E-state index in [1.807, 2.05) is 67.6 Å². The third kappa shape index (κ3) is 3.30. The Bertz CT molecular complexity index is 429. The van der Waals surface area contributed by atoms with Crippen molar-refractivity contribution in [1.29, 1.82) is 0 Å². The lowest BCUT2D eigenvalue weighted by atomic mass is 9.91. The summed E-state index contributed by atoms with van der Waals surface area (Å²) in [5.41, 5.74) is -1.15. The van der Waals surface area contributed by atoms with Gasteiger partial charge in [0.25, 0.3) is 0 Å². The zero-order chi connectivity index (χ0) is 12.8. The summed E-state index contributed by atoms with van der Waals surface area (Å²) in [5.74, 6) is 1.38. The Labute approximate surface area is 109 Å². The molecule has 0 amide bonds. The molecule has 0 atom stereocenters. The summed E-state index contributed by atoms with van der Waals surface area (Å²) < 4.78 is 11.4. The van der Waals surface area contributed by atoms with Crippen molar-refractivity contribution in [3.05, 3.63) is 60.7 Å². The predicted octanol–water partition coefficient (Wildman–Crippen LogP) is 3.38. The summed E-state index contributed by atoms with van der Waals surface area (Å²) >= 11 is 0. The highest BCUT2D eigenvalue weighted by molar-refractivity contribution is 6.13. The maximum atomic E-state index is 6.12. The highest BCUT2D eigenvalue weighted by Crippen LogP contribution is 2.23. The number of rotatable bonds is 5. The monoisotopic (exact) mass is 238 g/mol. The Kier molecular flexibility index (Phi) is 3.93. The molecule has 2 aromatic carbocycles. The first kappa shape index (κ1) is 12.6. The number of para-hydroxylation sites is 2. The molecule has 2 aromatic rings. The highest BCUT2D eigenvalue weighted by atomic mass is 16.7. The van der Waals surface area contributed by atoms with Crippen molar-refractivity contribution in [2.75, 3.05) is 0 Å². The van der Waals surface area contributed by atoms with Gasteiger partial charge in [-0.25, -0.2) is 0 Å². The molecule has 0 fully saturated rings. The van der Waals surface area contributed by atoms with E-state index in [9.17, 15) is 0 Å². The second-order valence-electron chi connectivity index (χ2n) is 4.00. The van der Waals surface area contributed by atoms with Gasteiger partial charge in [-0.2, -0.15) is 0 Å². The molecule has 0 bridgehead atoms. The van der Waals surface area contributed by atoms with Crippen LogP contribution in [0.1, 0.15) is 13.3 Å². The summed E-state index contributed by atoms with van der Waals surface area (Å²) in [5, 5.41) is 0. The van der Waals surface area contributed by atoms with Crippen LogP contribution in [0.4, 0.5) is 0 Å². The fraction of sp³-hybridized carbons (Fsp3) is 0.200. The van der Waals surface area contributed by atoms with E-state index in [0.717, 1.165) is 0 Å². The van der Waals surface area contributed by atoms with Crippen LogP contribution in [0.2, 0.25) is 0 Å². The summed E-state index contributed by atoms with van der Waals surface area (Å²) in [6.07, 6.45) is 0.538. The normalized spacial score (nSPS) is 10.9. The smallest absolute Gasteiger partial charge is 0.198 e. The van der Waals surface area contributed by atoms with E-state index in [2.05, 4.69) is 0 Å². The first-order valence-electron chi connectivity index (χ1n) is 5.99. The first-order valence-corrected chi connectivity index (χ1v) is 5.99. The summed E-state index contributed by atoms with van der Waals surface area (Å²) in [6.45, 7) is 1.92. The van der Waals surface area contributed by atoms with Crippen molar-refractivity contribution >= 4 is 7.85 Å². The molecule has 0 spiro atoms. The number of hydrogen-bond acceptors (Lipinski definition) is 2. The molecule has 0 saturated heterocycles. The van der Waals surface area contributed by atoms with E-state index in [1.165, 1.54) is 0 Å². The maximum Gasteiger partial charge on any atom is 0.198 e. The van der Waals surface area contributed by atoms with Gasteiger partial charge < -0.3 is 9.47 Å². The van der Waals surface area contributed by atoms with Crippen LogP contribution >= 0.6 is 0 Å². The summed E-state index contributed by atoms with van der Waals surface area (Å²) in [7, 11) is 6.12. The largest absolute Gasteiger partial charge is 0.463 e. The first-order chi connectivity index (χ1) is 8.72. The fourth-order valence-electron chi connectivity index (χ4n) is 1.54. The van der Waals surface area contributed by atoms with Crippen LogP contribution in [0.5, 0.6) is 11.5 Å². The Balaban J connectivity index is 2.11. The third-order valence-corrected chi connectivity index (χ3v) is 2.56. The van der Waals surface area contributed by atoms with Gasteiger partial charge in [-0.15, -0.1) is 0 Å². The predicted molar refractivity (Wildman–Crippen MR) is 72.9 cm³/mol. The van der Waals surface area contributed by atoms with Gasteiger partial charge in [-0.3, -0.25) is 0 Å². The van der Waals surface area contributed by atoms with Crippen LogP contribution in [0.15, 0.2) is 60.7 Å². The Morgan fingerprint density at radius 3 is 1.56 bits per heavy atom. The van der Waals surface area contributed by atoms with Crippen LogP contribution in [-0.4, -0.2) is 13.5 Å². The lowest BCUT2D eigenvalue weighted by Gasteiger charge is -2.31. The molecule has 0 aliphatic rings. The summed E-state index contributed by atoms with van der Waals surface area (Å²) in [6, 6.07) is 18.8. The number of ether oxygens (including phenoxy) is 2. The Morgan fingerprint density at radius 1 is 0.833 bits per heavy atom. The molecule has 0 N–H and O–H groups in total. The highest BCUT2D eigenvalue weighted by Gasteiger charge is 2.25. The van der Waals surface area contributed by atoms with Crippen LogP contribution < -0.4 is 9.47 Å². The molecule has 2 radical (unpaired) electrons. The van der Waals surface area contributed by atoms with Gasteiger partial charge in [0, 0.05) is 6.42 Å². The van der Waals surface area contributed by atoms with E-state index < -0.39 is 5.69 Å². The average molecular weight is 238 g/mol. The molecule has 18 heavy (non-hydrogen) atoms. The molecule has 0 heterocycles. The van der Waals surface area contributed by atoms with Crippen LogP contribution in [0.25, 0.3) is 0 Å². The molecular formula is C15H15BO2. The van der Waals surface area contributed by atoms with E-state index in [4.69, 9.17) is 17.3 Å². The molecule has 2 rings (SSSR count). The second kappa shape index (κ2) is 5.63. The van der Waals surface area contributed by atoms with Gasteiger partial charge in [-0.1, -0.05) is 43.3 Å². The van der Waals surface area contributed by atoms with E-state index in [1.54, 1.807) is 0 Å². The Morgan fingerprint density at radius 2 is 1.22 bits per heavy atom. The van der Waals surface area contributed by atoms with Crippen LogP contribution in [0.3, 0.4) is 0 Å². The van der Waals surface area contributed by atoms with Gasteiger partial charge in [-0.05, 0) is 24.3 Å². The number of hydrogen-bond donors (Lipinski definition) is 0. The van der Waals surface area contributed by atoms with Gasteiger partial charge >= 0.3 is 0 Å². The zero-order valence-corrected chi connectivity index (χ0v) is 10.4. The van der Waals surface area contributed by atoms with Crippen LogP contribution in [0, 0.1) is 0 Å². The molecular weight excluding hydrogens is 223 g/mol. The molecule has 90 valence electrons. The molecule has 0 saturated carbocycles. The van der Waals surface area contributed by atoms with Crippen molar-refractivity contribution in [1.82, 2.24) is 0 Å². The minimum atomic E-state index is -1.15. The minimum absolute atomic E-state index is 0.538. The van der Waals surface area contributed by atoms with E-state index >= 15 is 0 Å². The van der Waals surface area contributed by atoms with Crippen molar-refractivity contribution in [2.45, 2.75) is 19.0 Å². The molecule has 0 aliphatic heterocycles. The minimum Gasteiger partial charge on any atom is -0.463 e. The standard InChI is InChI=1S/C15H15BO2/c1-2-15(16,17-13-9-5-3-6-10-13)18-14-11-7-4-8-12-14/h3-12H,2H2,1H3. The van der Waals surface area contributed by atoms with Gasteiger partial charge in [0.15, 0.2) is 13.5 Å². The third-order valence-electron chi connectivity index (χ3n) is 2.56. The number of benzene rings is 2. The van der Waals surface area contributed by atoms with Crippen molar-refractivity contribution in [3.8, 4) is 11.5 Å². The summed E-state index contributed by atoms with van der Waals surface area (Å²) in [4.78, 5) is 0. The Hall–Kier alpha value is -1.90. The lowest BCUT2D eigenvalue weighted by Crippen LogP contribution is -2.42. The van der Waals surface area contributed by atoms with Gasteiger partial charge in [0.2, 0.25) is 0 Å². The molecule has 0 unspecified atom stereocenters.